The highest BCUT2D eigenvalue weighted by molar-refractivity contribution is 7.84. The molecule has 0 radical (unpaired) electrons. The van der Waals surface area contributed by atoms with Crippen molar-refractivity contribution in [3.8, 4) is 0 Å². The van der Waals surface area contributed by atoms with Crippen LogP contribution in [0.1, 0.15) is 5.56 Å². The molecule has 2 rings (SSSR count). The van der Waals surface area contributed by atoms with Crippen LogP contribution in [0.15, 0.2) is 41.3 Å². The third kappa shape index (κ3) is 3.42. The molecular formula is C13H10Cl3NOS. The average molecular weight is 335 g/mol. The minimum atomic E-state index is -1.28. The summed E-state index contributed by atoms with van der Waals surface area (Å²) in [5.41, 5.74) is 6.74. The van der Waals surface area contributed by atoms with E-state index in [-0.39, 0.29) is 5.75 Å². The Morgan fingerprint density at radius 3 is 2.21 bits per heavy atom. The molecule has 0 aliphatic heterocycles. The molecule has 1 atom stereocenters. The SMILES string of the molecule is Nc1ccc(S(=O)Cc2c(Cl)cccc2Cl)cc1Cl. The summed E-state index contributed by atoms with van der Waals surface area (Å²) in [6, 6.07) is 10.1. The van der Waals surface area contributed by atoms with Crippen molar-refractivity contribution in [2.75, 3.05) is 5.73 Å². The van der Waals surface area contributed by atoms with Gasteiger partial charge in [0.1, 0.15) is 0 Å². The zero-order chi connectivity index (χ0) is 14.0. The number of halogens is 3. The molecule has 0 aromatic heterocycles. The first-order valence-corrected chi connectivity index (χ1v) is 7.80. The van der Waals surface area contributed by atoms with E-state index in [0.717, 1.165) is 0 Å². The van der Waals surface area contributed by atoms with Crippen molar-refractivity contribution in [2.45, 2.75) is 10.6 Å². The zero-order valence-corrected chi connectivity index (χ0v) is 12.8. The topological polar surface area (TPSA) is 43.1 Å². The van der Waals surface area contributed by atoms with E-state index < -0.39 is 10.8 Å². The highest BCUT2D eigenvalue weighted by Gasteiger charge is 2.12. The molecule has 2 N–H and O–H groups in total. The van der Waals surface area contributed by atoms with Gasteiger partial charge in [-0.25, -0.2) is 0 Å². The van der Waals surface area contributed by atoms with E-state index in [1.54, 1.807) is 36.4 Å². The highest BCUT2D eigenvalue weighted by Crippen LogP contribution is 2.28. The number of hydrogen-bond donors (Lipinski definition) is 1. The second-order valence-corrected chi connectivity index (χ2v) is 6.55. The van der Waals surface area contributed by atoms with Crippen LogP contribution in [-0.2, 0) is 16.6 Å². The number of benzene rings is 2. The van der Waals surface area contributed by atoms with Crippen LogP contribution in [0, 0.1) is 0 Å². The van der Waals surface area contributed by atoms with Gasteiger partial charge in [0.2, 0.25) is 0 Å². The first kappa shape index (κ1) is 14.7. The predicted molar refractivity (Wildman–Crippen MR) is 82.4 cm³/mol. The third-order valence-corrected chi connectivity index (χ3v) is 4.94. The average Bonchev–Trinajstić information content (AvgIpc) is 2.37. The number of rotatable bonds is 3. The molecule has 1 unspecified atom stereocenters. The summed E-state index contributed by atoms with van der Waals surface area (Å²) in [7, 11) is -1.28. The van der Waals surface area contributed by atoms with E-state index >= 15 is 0 Å². The van der Waals surface area contributed by atoms with Crippen molar-refractivity contribution in [1.29, 1.82) is 0 Å². The lowest BCUT2D eigenvalue weighted by atomic mass is 10.2. The summed E-state index contributed by atoms with van der Waals surface area (Å²) < 4.78 is 12.3. The Labute approximate surface area is 128 Å². The normalized spacial score (nSPS) is 12.4. The van der Waals surface area contributed by atoms with Gasteiger partial charge in [-0.2, -0.15) is 0 Å². The third-order valence-electron chi connectivity index (χ3n) is 2.57. The van der Waals surface area contributed by atoms with Gasteiger partial charge in [-0.3, -0.25) is 4.21 Å². The molecule has 2 aromatic carbocycles. The molecule has 0 bridgehead atoms. The molecule has 0 saturated carbocycles. The lowest BCUT2D eigenvalue weighted by Gasteiger charge is -2.08. The van der Waals surface area contributed by atoms with Gasteiger partial charge in [-0.05, 0) is 30.3 Å². The van der Waals surface area contributed by atoms with Gasteiger partial charge in [0, 0.05) is 20.5 Å². The van der Waals surface area contributed by atoms with Crippen molar-refractivity contribution in [3.05, 3.63) is 57.0 Å². The Bertz CT molecular complexity index is 626. The van der Waals surface area contributed by atoms with E-state index in [4.69, 9.17) is 40.5 Å². The molecule has 2 aromatic rings. The van der Waals surface area contributed by atoms with Crippen LogP contribution in [0.25, 0.3) is 0 Å². The van der Waals surface area contributed by atoms with Crippen LogP contribution in [0.3, 0.4) is 0 Å². The summed E-state index contributed by atoms with van der Waals surface area (Å²) in [6.07, 6.45) is 0. The molecule has 0 aliphatic carbocycles. The van der Waals surface area contributed by atoms with Crippen molar-refractivity contribution in [2.24, 2.45) is 0 Å². The number of nitrogen functional groups attached to an aromatic ring is 1. The van der Waals surface area contributed by atoms with Gasteiger partial charge in [0.25, 0.3) is 0 Å². The van der Waals surface area contributed by atoms with Crippen LogP contribution in [0.5, 0.6) is 0 Å². The van der Waals surface area contributed by atoms with Gasteiger partial charge in [0.05, 0.1) is 27.3 Å². The molecular weight excluding hydrogens is 325 g/mol. The predicted octanol–water partition coefficient (Wildman–Crippen LogP) is 4.54. The Balaban J connectivity index is 2.28. The van der Waals surface area contributed by atoms with Crippen LogP contribution >= 0.6 is 34.8 Å². The highest BCUT2D eigenvalue weighted by atomic mass is 35.5. The van der Waals surface area contributed by atoms with Gasteiger partial charge >= 0.3 is 0 Å². The Hall–Kier alpha value is -0.740. The molecule has 0 amide bonds. The molecule has 100 valence electrons. The summed E-state index contributed by atoms with van der Waals surface area (Å²) in [4.78, 5) is 0.593. The summed E-state index contributed by atoms with van der Waals surface area (Å²) in [6.45, 7) is 0. The number of anilines is 1. The molecule has 0 fully saturated rings. The van der Waals surface area contributed by atoms with E-state index in [0.29, 0.717) is 31.2 Å². The van der Waals surface area contributed by atoms with Crippen LogP contribution < -0.4 is 5.73 Å². The first-order valence-electron chi connectivity index (χ1n) is 5.35. The Morgan fingerprint density at radius 2 is 1.63 bits per heavy atom. The van der Waals surface area contributed by atoms with Crippen LogP contribution in [-0.4, -0.2) is 4.21 Å². The van der Waals surface area contributed by atoms with Crippen molar-refractivity contribution < 1.29 is 4.21 Å². The van der Waals surface area contributed by atoms with Crippen LogP contribution in [0.2, 0.25) is 15.1 Å². The molecule has 0 aliphatic rings. The summed E-state index contributed by atoms with van der Waals surface area (Å²) in [5, 5.41) is 1.39. The van der Waals surface area contributed by atoms with Gasteiger partial charge in [0.15, 0.2) is 0 Å². The Morgan fingerprint density at radius 1 is 1.00 bits per heavy atom. The number of hydrogen-bond acceptors (Lipinski definition) is 2. The summed E-state index contributed by atoms with van der Waals surface area (Å²) in [5.74, 6) is 0.235. The molecule has 0 spiro atoms. The molecule has 0 saturated heterocycles. The van der Waals surface area contributed by atoms with E-state index in [2.05, 4.69) is 0 Å². The fourth-order valence-electron chi connectivity index (χ4n) is 1.53. The van der Waals surface area contributed by atoms with Gasteiger partial charge < -0.3 is 5.73 Å². The zero-order valence-electron chi connectivity index (χ0n) is 9.70. The van der Waals surface area contributed by atoms with Gasteiger partial charge in [-0.1, -0.05) is 40.9 Å². The van der Waals surface area contributed by atoms with Crippen LogP contribution in [0.4, 0.5) is 5.69 Å². The van der Waals surface area contributed by atoms with Crippen molar-refractivity contribution >= 4 is 51.3 Å². The minimum absolute atomic E-state index is 0.235. The minimum Gasteiger partial charge on any atom is -0.398 e. The maximum Gasteiger partial charge on any atom is 0.0647 e. The number of nitrogens with two attached hydrogens (primary N) is 1. The van der Waals surface area contributed by atoms with Crippen molar-refractivity contribution in [3.63, 3.8) is 0 Å². The quantitative estimate of drug-likeness (QED) is 0.838. The monoisotopic (exact) mass is 333 g/mol. The second-order valence-electron chi connectivity index (χ2n) is 3.87. The van der Waals surface area contributed by atoms with Gasteiger partial charge in [-0.15, -0.1) is 0 Å². The molecule has 6 heteroatoms. The maximum absolute atomic E-state index is 12.3. The van der Waals surface area contributed by atoms with E-state index in [9.17, 15) is 4.21 Å². The lowest BCUT2D eigenvalue weighted by molar-refractivity contribution is 0.682. The van der Waals surface area contributed by atoms with E-state index in [1.165, 1.54) is 0 Å². The van der Waals surface area contributed by atoms with E-state index in [1.807, 2.05) is 0 Å². The molecule has 2 nitrogen and oxygen atoms in total. The van der Waals surface area contributed by atoms with Crippen molar-refractivity contribution in [1.82, 2.24) is 0 Å². The fraction of sp³-hybridized carbons (Fsp3) is 0.0769. The smallest absolute Gasteiger partial charge is 0.0647 e. The largest absolute Gasteiger partial charge is 0.398 e. The lowest BCUT2D eigenvalue weighted by Crippen LogP contribution is -1.99. The molecule has 19 heavy (non-hydrogen) atoms. The Kier molecular flexibility index (Phi) is 4.74. The fourth-order valence-corrected chi connectivity index (χ4v) is 3.68. The molecule has 0 heterocycles. The second kappa shape index (κ2) is 6.14. The maximum atomic E-state index is 12.3. The first-order chi connectivity index (χ1) is 8.99. The summed E-state index contributed by atoms with van der Waals surface area (Å²) >= 11 is 18.0. The standard InChI is InChI=1S/C13H10Cl3NOS/c14-10-2-1-3-11(15)9(10)7-19(18)8-4-5-13(17)12(16)6-8/h1-6H,7,17H2.